The minimum atomic E-state index is -1.29. The second kappa shape index (κ2) is 10.6. The average molecular weight is 573 g/mol. The van der Waals surface area contributed by atoms with Gasteiger partial charge < -0.3 is 15.5 Å². The maximum absolute atomic E-state index is 15.4. The molecule has 2 aliphatic rings. The van der Waals surface area contributed by atoms with E-state index in [4.69, 9.17) is 0 Å². The number of hydrogen-bond donors (Lipinski definition) is 2. The van der Waals surface area contributed by atoms with Crippen molar-refractivity contribution in [2.75, 3.05) is 0 Å². The highest BCUT2D eigenvalue weighted by Crippen LogP contribution is 2.36. The van der Waals surface area contributed by atoms with E-state index in [0.717, 1.165) is 11.1 Å². The van der Waals surface area contributed by atoms with Crippen LogP contribution in [0.1, 0.15) is 63.8 Å². The normalized spacial score (nSPS) is 21.1. The molecule has 1 heterocycles. The molecule has 0 aromatic heterocycles. The summed E-state index contributed by atoms with van der Waals surface area (Å²) in [6, 6.07) is 9.48. The number of nitrogens with one attached hydrogen (secondary N) is 2. The molecule has 3 amide bonds. The molecule has 0 radical (unpaired) electrons. The van der Waals surface area contributed by atoms with Crippen molar-refractivity contribution in [1.82, 2.24) is 15.5 Å². The molecule has 2 N–H and O–H groups in total. The zero-order chi connectivity index (χ0) is 27.1. The van der Waals surface area contributed by atoms with Gasteiger partial charge in [0.2, 0.25) is 17.7 Å². The van der Waals surface area contributed by atoms with E-state index in [-0.39, 0.29) is 29.2 Å². The quantitative estimate of drug-likeness (QED) is 0.527. The molecule has 1 saturated heterocycles. The molecule has 6 nitrogen and oxygen atoms in total. The number of benzene rings is 2. The molecule has 8 heteroatoms. The third kappa shape index (κ3) is 5.89. The highest BCUT2D eigenvalue weighted by Gasteiger charge is 2.50. The second-order valence-electron chi connectivity index (χ2n) is 11.6. The maximum atomic E-state index is 15.4. The summed E-state index contributed by atoms with van der Waals surface area (Å²) >= 11 is 3.28. The van der Waals surface area contributed by atoms with E-state index in [0.29, 0.717) is 23.7 Å². The highest BCUT2D eigenvalue weighted by molar-refractivity contribution is 9.10. The Hall–Kier alpha value is -2.74. The summed E-state index contributed by atoms with van der Waals surface area (Å²) in [5.41, 5.74) is 1.76. The van der Waals surface area contributed by atoms with Crippen molar-refractivity contribution < 1.29 is 18.8 Å². The number of hydrogen-bond acceptors (Lipinski definition) is 3. The highest BCUT2D eigenvalue weighted by atomic mass is 79.9. The number of carbonyl (C=O) groups is 3. The Bertz CT molecular complexity index is 1180. The van der Waals surface area contributed by atoms with Gasteiger partial charge in [-0.1, -0.05) is 60.1 Å². The zero-order valence-electron chi connectivity index (χ0n) is 22.0. The average Bonchev–Trinajstić information content (AvgIpc) is 3.22. The van der Waals surface area contributed by atoms with Crippen LogP contribution in [0.15, 0.2) is 46.9 Å². The monoisotopic (exact) mass is 571 g/mol. The Kier molecular flexibility index (Phi) is 7.79. The zero-order valence-corrected chi connectivity index (χ0v) is 23.6. The number of nitrogens with zero attached hydrogens (tertiary/aromatic N) is 1. The van der Waals surface area contributed by atoms with Crippen molar-refractivity contribution in [3.8, 4) is 0 Å². The van der Waals surface area contributed by atoms with Crippen LogP contribution in [0.4, 0.5) is 4.39 Å². The first-order chi connectivity index (χ1) is 17.4. The van der Waals surface area contributed by atoms with Crippen molar-refractivity contribution in [1.29, 1.82) is 0 Å². The summed E-state index contributed by atoms with van der Waals surface area (Å²) in [7, 11) is 0. The van der Waals surface area contributed by atoms with Crippen LogP contribution >= 0.6 is 15.9 Å². The van der Waals surface area contributed by atoms with E-state index in [9.17, 15) is 14.4 Å². The number of fused-ring (bicyclic) bond motifs is 1. The molecule has 2 aromatic rings. The van der Waals surface area contributed by atoms with Crippen LogP contribution in [0.25, 0.3) is 0 Å². The van der Waals surface area contributed by atoms with Gasteiger partial charge in [0.25, 0.3) is 0 Å². The Morgan fingerprint density at radius 1 is 1.14 bits per heavy atom. The molecule has 3 atom stereocenters. The Labute approximate surface area is 226 Å². The predicted molar refractivity (Wildman–Crippen MR) is 144 cm³/mol. The van der Waals surface area contributed by atoms with Gasteiger partial charge in [-0.05, 0) is 75.1 Å². The first-order valence-corrected chi connectivity index (χ1v) is 13.6. The molecule has 0 bridgehead atoms. The minimum absolute atomic E-state index is 0.0650. The topological polar surface area (TPSA) is 78.5 Å². The second-order valence-corrected chi connectivity index (χ2v) is 12.5. The summed E-state index contributed by atoms with van der Waals surface area (Å²) in [5.74, 6) is -1.86. The van der Waals surface area contributed by atoms with Crippen molar-refractivity contribution in [3.05, 3.63) is 69.4 Å². The van der Waals surface area contributed by atoms with Crippen LogP contribution in [0, 0.1) is 17.7 Å². The molecule has 2 aromatic carbocycles. The van der Waals surface area contributed by atoms with Gasteiger partial charge >= 0.3 is 0 Å². The molecule has 1 aliphatic carbocycles. The number of halogens is 2. The summed E-state index contributed by atoms with van der Waals surface area (Å²) in [6.07, 6.45) is 1.66. The van der Waals surface area contributed by atoms with Crippen molar-refractivity contribution in [2.24, 2.45) is 11.8 Å². The molecular weight excluding hydrogens is 537 g/mol. The van der Waals surface area contributed by atoms with Gasteiger partial charge in [0, 0.05) is 15.6 Å². The fourth-order valence-electron chi connectivity index (χ4n) is 5.45. The van der Waals surface area contributed by atoms with Crippen molar-refractivity contribution in [2.45, 2.75) is 77.5 Å². The number of amides is 3. The van der Waals surface area contributed by atoms with E-state index < -0.39 is 35.4 Å². The number of rotatable bonds is 6. The molecule has 0 spiro atoms. The summed E-state index contributed by atoms with van der Waals surface area (Å²) in [5, 5.41) is 5.90. The molecule has 4 rings (SSSR count). The fourth-order valence-corrected chi connectivity index (χ4v) is 5.79. The lowest BCUT2D eigenvalue weighted by atomic mass is 9.87. The van der Waals surface area contributed by atoms with E-state index in [2.05, 4.69) is 26.6 Å². The van der Waals surface area contributed by atoms with Crippen LogP contribution in [0.2, 0.25) is 0 Å². The van der Waals surface area contributed by atoms with Gasteiger partial charge in [0.15, 0.2) is 0 Å². The molecule has 1 fully saturated rings. The van der Waals surface area contributed by atoms with Crippen molar-refractivity contribution in [3.63, 3.8) is 0 Å². The largest absolute Gasteiger partial charge is 0.349 e. The molecule has 0 saturated carbocycles. The van der Waals surface area contributed by atoms with Crippen LogP contribution in [-0.2, 0) is 27.2 Å². The van der Waals surface area contributed by atoms with E-state index in [1.807, 2.05) is 58.9 Å². The fraction of sp³-hybridized carbons (Fsp3) is 0.483. The lowest BCUT2D eigenvalue weighted by molar-refractivity contribution is -0.158. The number of piperazine rings is 1. The number of carbonyl (C=O) groups excluding carboxylic acids is 3. The molecule has 37 heavy (non-hydrogen) atoms. The minimum Gasteiger partial charge on any atom is -0.349 e. The van der Waals surface area contributed by atoms with E-state index in [1.165, 1.54) is 17.0 Å². The van der Waals surface area contributed by atoms with Gasteiger partial charge in [-0.25, -0.2) is 4.39 Å². The molecule has 3 unspecified atom stereocenters. The standard InChI is InChI=1S/C29H35BrFN3O3/c1-16(2)12-23-26(35)32-24(19-13-17-8-6-7-9-18(17)14-19)28(37)34(23)25(27(36)33-29(3,4)5)21-11-10-20(30)15-22(21)31/h6-11,15-16,19,23-25H,12-14H2,1-5H3,(H,32,35)(H,33,36). The summed E-state index contributed by atoms with van der Waals surface area (Å²) in [4.78, 5) is 43.0. The first kappa shape index (κ1) is 27.3. The maximum Gasteiger partial charge on any atom is 0.247 e. The lowest BCUT2D eigenvalue weighted by Crippen LogP contribution is -2.67. The van der Waals surface area contributed by atoms with Gasteiger partial charge in [-0.15, -0.1) is 0 Å². The van der Waals surface area contributed by atoms with E-state index >= 15 is 4.39 Å². The Balaban J connectivity index is 1.79. The lowest BCUT2D eigenvalue weighted by Gasteiger charge is -2.45. The Morgan fingerprint density at radius 2 is 1.76 bits per heavy atom. The van der Waals surface area contributed by atoms with E-state index in [1.54, 1.807) is 6.07 Å². The Morgan fingerprint density at radius 3 is 2.30 bits per heavy atom. The van der Waals surface area contributed by atoms with Crippen LogP contribution in [0.5, 0.6) is 0 Å². The third-order valence-electron chi connectivity index (χ3n) is 6.99. The van der Waals surface area contributed by atoms with Gasteiger partial charge in [0.05, 0.1) is 0 Å². The van der Waals surface area contributed by atoms with Crippen molar-refractivity contribution >= 4 is 33.7 Å². The smallest absolute Gasteiger partial charge is 0.247 e. The van der Waals surface area contributed by atoms with Gasteiger partial charge in [-0.3, -0.25) is 14.4 Å². The summed E-state index contributed by atoms with van der Waals surface area (Å²) in [6.45, 7) is 9.40. The summed E-state index contributed by atoms with van der Waals surface area (Å²) < 4.78 is 15.9. The van der Waals surface area contributed by atoms with Gasteiger partial charge in [0.1, 0.15) is 23.9 Å². The van der Waals surface area contributed by atoms with Crippen LogP contribution in [-0.4, -0.2) is 40.2 Å². The predicted octanol–water partition coefficient (Wildman–Crippen LogP) is 4.70. The third-order valence-corrected chi connectivity index (χ3v) is 7.48. The van der Waals surface area contributed by atoms with Gasteiger partial charge in [-0.2, -0.15) is 0 Å². The molecule has 1 aliphatic heterocycles. The molecular formula is C29H35BrFN3O3. The van der Waals surface area contributed by atoms with Crippen LogP contribution in [0.3, 0.4) is 0 Å². The first-order valence-electron chi connectivity index (χ1n) is 12.8. The molecule has 198 valence electrons. The SMILES string of the molecule is CC(C)CC1C(=O)NC(C2Cc3ccccc3C2)C(=O)N1C(C(=O)NC(C)(C)C)c1ccc(Br)cc1F. The van der Waals surface area contributed by atoms with Crippen LogP contribution < -0.4 is 10.6 Å².